The molecule has 0 radical (unpaired) electrons. The summed E-state index contributed by atoms with van der Waals surface area (Å²) in [5.41, 5.74) is 7.00. The van der Waals surface area contributed by atoms with E-state index in [9.17, 15) is 9.18 Å². The summed E-state index contributed by atoms with van der Waals surface area (Å²) in [7, 11) is 0. The molecular formula is C14H17FN4O. The zero-order valence-corrected chi connectivity index (χ0v) is 11.5. The molecule has 0 saturated carbocycles. The molecule has 0 fully saturated rings. The predicted octanol–water partition coefficient (Wildman–Crippen LogP) is 2.29. The van der Waals surface area contributed by atoms with E-state index in [0.717, 1.165) is 0 Å². The zero-order chi connectivity index (χ0) is 14.7. The third-order valence-electron chi connectivity index (χ3n) is 3.02. The maximum absolute atomic E-state index is 13.0. The van der Waals surface area contributed by atoms with Gasteiger partial charge in [-0.15, -0.1) is 0 Å². The Balaban J connectivity index is 2.33. The van der Waals surface area contributed by atoms with Gasteiger partial charge in [-0.2, -0.15) is 5.10 Å². The van der Waals surface area contributed by atoms with Crippen molar-refractivity contribution < 1.29 is 9.18 Å². The molecule has 0 atom stereocenters. The molecule has 1 amide bonds. The molecule has 0 aliphatic rings. The fourth-order valence-corrected chi connectivity index (χ4v) is 1.96. The first kappa shape index (κ1) is 14.0. The highest BCUT2D eigenvalue weighted by molar-refractivity contribution is 6.07. The van der Waals surface area contributed by atoms with Crippen molar-refractivity contribution in [1.29, 1.82) is 0 Å². The molecular weight excluding hydrogens is 259 g/mol. The summed E-state index contributed by atoms with van der Waals surface area (Å²) < 4.78 is 14.6. The molecule has 0 aliphatic heterocycles. The molecule has 0 unspecified atom stereocenters. The number of nitrogens with two attached hydrogens (primary N) is 1. The van der Waals surface area contributed by atoms with E-state index in [2.05, 4.69) is 5.10 Å². The molecule has 6 heteroatoms. The Morgan fingerprint density at radius 1 is 1.35 bits per heavy atom. The van der Waals surface area contributed by atoms with E-state index in [-0.39, 0.29) is 17.4 Å². The quantitative estimate of drug-likeness (QED) is 0.931. The van der Waals surface area contributed by atoms with Crippen LogP contribution in [0.4, 0.5) is 15.8 Å². The molecule has 0 spiro atoms. The van der Waals surface area contributed by atoms with Gasteiger partial charge in [0.2, 0.25) is 0 Å². The molecule has 0 bridgehead atoms. The van der Waals surface area contributed by atoms with Crippen molar-refractivity contribution in [2.45, 2.75) is 20.4 Å². The minimum Gasteiger partial charge on any atom is -0.396 e. The summed E-state index contributed by atoms with van der Waals surface area (Å²) >= 11 is 0. The maximum atomic E-state index is 13.0. The highest BCUT2D eigenvalue weighted by atomic mass is 19.1. The number of anilines is 2. The number of amides is 1. The second-order valence-electron chi connectivity index (χ2n) is 4.31. The van der Waals surface area contributed by atoms with E-state index in [1.54, 1.807) is 23.0 Å². The first-order valence-corrected chi connectivity index (χ1v) is 6.47. The first-order chi connectivity index (χ1) is 9.56. The Labute approximate surface area is 116 Å². The van der Waals surface area contributed by atoms with Crippen molar-refractivity contribution in [2.75, 3.05) is 17.2 Å². The van der Waals surface area contributed by atoms with Crippen LogP contribution in [0.3, 0.4) is 0 Å². The molecule has 1 heterocycles. The van der Waals surface area contributed by atoms with E-state index < -0.39 is 0 Å². The number of rotatable bonds is 4. The average molecular weight is 276 g/mol. The van der Waals surface area contributed by atoms with Crippen molar-refractivity contribution in [2.24, 2.45) is 0 Å². The number of hydrogen-bond acceptors (Lipinski definition) is 3. The normalized spacial score (nSPS) is 10.6. The fraction of sp³-hybridized carbons (Fsp3) is 0.286. The molecule has 1 aromatic heterocycles. The van der Waals surface area contributed by atoms with E-state index in [4.69, 9.17) is 5.73 Å². The van der Waals surface area contributed by atoms with Gasteiger partial charge < -0.3 is 10.6 Å². The third-order valence-corrected chi connectivity index (χ3v) is 3.02. The number of hydrogen-bond donors (Lipinski definition) is 1. The van der Waals surface area contributed by atoms with Crippen molar-refractivity contribution in [1.82, 2.24) is 9.78 Å². The second kappa shape index (κ2) is 5.73. The number of nitrogen functional groups attached to an aromatic ring is 1. The maximum Gasteiger partial charge on any atom is 0.280 e. The summed E-state index contributed by atoms with van der Waals surface area (Å²) in [5, 5.41) is 4.17. The Hall–Kier alpha value is -2.37. The van der Waals surface area contributed by atoms with Gasteiger partial charge >= 0.3 is 0 Å². The van der Waals surface area contributed by atoms with E-state index in [1.807, 2.05) is 13.8 Å². The topological polar surface area (TPSA) is 64.2 Å². The van der Waals surface area contributed by atoms with Crippen LogP contribution in [-0.4, -0.2) is 22.2 Å². The average Bonchev–Trinajstić information content (AvgIpc) is 2.83. The minimum absolute atomic E-state index is 0.220. The summed E-state index contributed by atoms with van der Waals surface area (Å²) in [6, 6.07) is 5.76. The van der Waals surface area contributed by atoms with Crippen molar-refractivity contribution in [3.8, 4) is 0 Å². The van der Waals surface area contributed by atoms with Crippen LogP contribution < -0.4 is 10.6 Å². The van der Waals surface area contributed by atoms with Crippen LogP contribution in [0.1, 0.15) is 24.3 Å². The van der Waals surface area contributed by atoms with Gasteiger partial charge in [-0.3, -0.25) is 9.48 Å². The molecule has 0 saturated heterocycles. The number of nitrogens with zero attached hydrogens (tertiary/aromatic N) is 3. The molecule has 2 aromatic rings. The molecule has 0 aliphatic carbocycles. The highest BCUT2D eigenvalue weighted by Crippen LogP contribution is 2.19. The lowest BCUT2D eigenvalue weighted by molar-refractivity contribution is 0.0983. The van der Waals surface area contributed by atoms with Gasteiger partial charge in [0.25, 0.3) is 5.91 Å². The van der Waals surface area contributed by atoms with Gasteiger partial charge in [0, 0.05) is 25.0 Å². The van der Waals surface area contributed by atoms with Gasteiger partial charge in [0.15, 0.2) is 5.69 Å². The van der Waals surface area contributed by atoms with Crippen molar-refractivity contribution in [3.05, 3.63) is 42.0 Å². The Bertz CT molecular complexity index is 606. The predicted molar refractivity (Wildman–Crippen MR) is 76.1 cm³/mol. The minimum atomic E-state index is -0.341. The van der Waals surface area contributed by atoms with Crippen LogP contribution >= 0.6 is 0 Å². The Kier molecular flexibility index (Phi) is 4.02. The largest absolute Gasteiger partial charge is 0.396 e. The number of aryl methyl sites for hydroxylation is 1. The second-order valence-corrected chi connectivity index (χ2v) is 4.31. The molecule has 20 heavy (non-hydrogen) atoms. The van der Waals surface area contributed by atoms with Crippen LogP contribution in [0.25, 0.3) is 0 Å². The SMILES string of the molecule is CCN(C(=O)c1nn(CC)cc1N)c1ccc(F)cc1. The van der Waals surface area contributed by atoms with E-state index >= 15 is 0 Å². The number of halogens is 1. The summed E-state index contributed by atoms with van der Waals surface area (Å²) in [5.74, 6) is -0.629. The van der Waals surface area contributed by atoms with Gasteiger partial charge in [-0.05, 0) is 38.1 Å². The number of aromatic nitrogens is 2. The van der Waals surface area contributed by atoms with Gasteiger partial charge in [-0.1, -0.05) is 0 Å². The molecule has 2 N–H and O–H groups in total. The summed E-state index contributed by atoms with van der Waals surface area (Å²) in [6.45, 7) is 4.84. The van der Waals surface area contributed by atoms with Gasteiger partial charge in [-0.25, -0.2) is 4.39 Å². The molecule has 106 valence electrons. The van der Waals surface area contributed by atoms with Crippen LogP contribution in [0, 0.1) is 5.82 Å². The lowest BCUT2D eigenvalue weighted by Gasteiger charge is -2.20. The zero-order valence-electron chi connectivity index (χ0n) is 11.5. The first-order valence-electron chi connectivity index (χ1n) is 6.47. The third kappa shape index (κ3) is 2.64. The summed E-state index contributed by atoms with van der Waals surface area (Å²) in [6.07, 6.45) is 1.63. The van der Waals surface area contributed by atoms with Gasteiger partial charge in [0.05, 0.1) is 5.69 Å². The Morgan fingerprint density at radius 2 is 2.00 bits per heavy atom. The number of carbonyl (C=O) groups is 1. The lowest BCUT2D eigenvalue weighted by atomic mass is 10.2. The van der Waals surface area contributed by atoms with E-state index in [0.29, 0.717) is 24.5 Å². The summed E-state index contributed by atoms with van der Waals surface area (Å²) in [4.78, 5) is 14.0. The van der Waals surface area contributed by atoms with E-state index in [1.165, 1.54) is 17.0 Å². The van der Waals surface area contributed by atoms with Crippen molar-refractivity contribution in [3.63, 3.8) is 0 Å². The fourth-order valence-electron chi connectivity index (χ4n) is 1.96. The molecule has 5 nitrogen and oxygen atoms in total. The van der Waals surface area contributed by atoms with Gasteiger partial charge in [0.1, 0.15) is 5.82 Å². The monoisotopic (exact) mass is 276 g/mol. The smallest absolute Gasteiger partial charge is 0.280 e. The molecule has 1 aromatic carbocycles. The Morgan fingerprint density at radius 3 is 2.50 bits per heavy atom. The molecule has 2 rings (SSSR count). The highest BCUT2D eigenvalue weighted by Gasteiger charge is 2.21. The van der Waals surface area contributed by atoms with Crippen LogP contribution in [0.5, 0.6) is 0 Å². The van der Waals surface area contributed by atoms with Crippen LogP contribution in [0.15, 0.2) is 30.5 Å². The number of benzene rings is 1. The van der Waals surface area contributed by atoms with Crippen LogP contribution in [0.2, 0.25) is 0 Å². The lowest BCUT2D eigenvalue weighted by Crippen LogP contribution is -2.31. The number of carbonyl (C=O) groups excluding carboxylic acids is 1. The standard InChI is InChI=1S/C14H17FN4O/c1-3-18-9-12(16)13(17-18)14(20)19(4-2)11-7-5-10(15)6-8-11/h5-9H,3-4,16H2,1-2H3. The van der Waals surface area contributed by atoms with Crippen LogP contribution in [-0.2, 0) is 6.54 Å². The van der Waals surface area contributed by atoms with Crippen molar-refractivity contribution >= 4 is 17.3 Å².